The van der Waals surface area contributed by atoms with E-state index in [9.17, 15) is 19.8 Å². The minimum Gasteiger partial charge on any atom is -0.481 e. The maximum absolute atomic E-state index is 12.6. The third-order valence-corrected chi connectivity index (χ3v) is 4.97. The molecule has 5 heteroatoms. The molecule has 0 aromatic heterocycles. The Kier molecular flexibility index (Phi) is 7.15. The van der Waals surface area contributed by atoms with Gasteiger partial charge in [0.15, 0.2) is 0 Å². The molecule has 1 saturated carbocycles. The smallest absolute Gasteiger partial charge is 0.310 e. The third-order valence-electron chi connectivity index (χ3n) is 4.97. The lowest BCUT2D eigenvalue weighted by atomic mass is 9.78. The fraction of sp³-hybridized carbons (Fsp3) is 0.875. The van der Waals surface area contributed by atoms with Gasteiger partial charge in [0.2, 0.25) is 5.91 Å². The second-order valence-electron chi connectivity index (χ2n) is 6.07. The Bertz CT molecular complexity index is 346. The van der Waals surface area contributed by atoms with Gasteiger partial charge in [-0.1, -0.05) is 33.1 Å². The van der Waals surface area contributed by atoms with Crippen LogP contribution in [0, 0.1) is 5.41 Å². The molecule has 122 valence electrons. The number of carboxylic acids is 1. The number of carbonyl (C=O) groups is 2. The Morgan fingerprint density at radius 2 is 1.71 bits per heavy atom. The van der Waals surface area contributed by atoms with E-state index in [2.05, 4.69) is 0 Å². The first kappa shape index (κ1) is 18.0. The molecule has 0 heterocycles. The van der Waals surface area contributed by atoms with Gasteiger partial charge in [-0.05, 0) is 25.7 Å². The Hall–Kier alpha value is -1.10. The highest BCUT2D eigenvalue weighted by Crippen LogP contribution is 2.33. The van der Waals surface area contributed by atoms with Gasteiger partial charge in [0, 0.05) is 19.0 Å². The number of hydrogen-bond acceptors (Lipinski definition) is 3. The zero-order valence-corrected chi connectivity index (χ0v) is 13.3. The van der Waals surface area contributed by atoms with Crippen molar-refractivity contribution in [3.63, 3.8) is 0 Å². The van der Waals surface area contributed by atoms with Crippen molar-refractivity contribution in [3.05, 3.63) is 0 Å². The molecule has 0 saturated heterocycles. The fourth-order valence-electron chi connectivity index (χ4n) is 3.28. The maximum Gasteiger partial charge on any atom is 0.310 e. The van der Waals surface area contributed by atoms with Gasteiger partial charge in [-0.2, -0.15) is 0 Å². The van der Waals surface area contributed by atoms with Crippen LogP contribution in [0.15, 0.2) is 0 Å². The van der Waals surface area contributed by atoms with E-state index in [0.29, 0.717) is 19.4 Å². The largest absolute Gasteiger partial charge is 0.481 e. The molecule has 0 spiro atoms. The van der Waals surface area contributed by atoms with E-state index in [1.54, 1.807) is 4.90 Å². The summed E-state index contributed by atoms with van der Waals surface area (Å²) in [5, 5.41) is 18.7. The van der Waals surface area contributed by atoms with Crippen molar-refractivity contribution in [2.75, 3.05) is 13.2 Å². The molecule has 1 aliphatic rings. The number of amides is 1. The van der Waals surface area contributed by atoms with Crippen molar-refractivity contribution in [1.82, 2.24) is 4.90 Å². The van der Waals surface area contributed by atoms with E-state index >= 15 is 0 Å². The predicted octanol–water partition coefficient (Wildman–Crippen LogP) is 2.42. The summed E-state index contributed by atoms with van der Waals surface area (Å²) in [5.74, 6) is -1.02. The van der Waals surface area contributed by atoms with Gasteiger partial charge in [0.25, 0.3) is 0 Å². The molecule has 1 fully saturated rings. The van der Waals surface area contributed by atoms with Crippen LogP contribution in [-0.2, 0) is 9.59 Å². The second-order valence-corrected chi connectivity index (χ2v) is 6.07. The van der Waals surface area contributed by atoms with Crippen molar-refractivity contribution in [2.24, 2.45) is 5.41 Å². The molecular weight excluding hydrogens is 270 g/mol. The summed E-state index contributed by atoms with van der Waals surface area (Å²) in [6.07, 6.45) is 6.25. The minimum absolute atomic E-state index is 0.0336. The summed E-state index contributed by atoms with van der Waals surface area (Å²) < 4.78 is 0. The first-order valence-electron chi connectivity index (χ1n) is 8.14. The van der Waals surface area contributed by atoms with Crippen LogP contribution in [0.2, 0.25) is 0 Å². The van der Waals surface area contributed by atoms with Crippen LogP contribution in [0.5, 0.6) is 0 Å². The molecule has 21 heavy (non-hydrogen) atoms. The van der Waals surface area contributed by atoms with Crippen LogP contribution >= 0.6 is 0 Å². The summed E-state index contributed by atoms with van der Waals surface area (Å²) in [5.41, 5.74) is -0.973. The summed E-state index contributed by atoms with van der Waals surface area (Å²) in [4.78, 5) is 25.9. The molecular formula is C16H29NO4. The molecule has 1 amide bonds. The summed E-state index contributed by atoms with van der Waals surface area (Å²) in [7, 11) is 0. The first-order valence-corrected chi connectivity index (χ1v) is 8.14. The molecule has 5 nitrogen and oxygen atoms in total. The lowest BCUT2D eigenvalue weighted by molar-refractivity contribution is -0.155. The highest BCUT2D eigenvalue weighted by molar-refractivity contribution is 5.85. The van der Waals surface area contributed by atoms with Crippen molar-refractivity contribution in [2.45, 2.75) is 71.3 Å². The van der Waals surface area contributed by atoms with E-state index < -0.39 is 11.4 Å². The third kappa shape index (κ3) is 4.43. The number of carboxylic acid groups (broad SMARTS) is 1. The Morgan fingerprint density at radius 3 is 2.14 bits per heavy atom. The molecule has 0 aromatic rings. The highest BCUT2D eigenvalue weighted by atomic mass is 16.4. The van der Waals surface area contributed by atoms with E-state index in [-0.39, 0.29) is 25.0 Å². The number of aliphatic carboxylic acids is 1. The number of hydrogen-bond donors (Lipinski definition) is 2. The number of aliphatic hydroxyl groups is 1. The highest BCUT2D eigenvalue weighted by Gasteiger charge is 2.39. The van der Waals surface area contributed by atoms with Gasteiger partial charge in [0.05, 0.1) is 12.0 Å². The zero-order valence-electron chi connectivity index (χ0n) is 13.3. The average molecular weight is 299 g/mol. The van der Waals surface area contributed by atoms with Gasteiger partial charge in [-0.15, -0.1) is 0 Å². The quantitative estimate of drug-likeness (QED) is 0.721. The van der Waals surface area contributed by atoms with Crippen LogP contribution < -0.4 is 0 Å². The SMILES string of the molecule is CCC(CC)(CC(=O)N(CCO)C1CCCCC1)C(=O)O. The fourth-order valence-corrected chi connectivity index (χ4v) is 3.28. The Labute approximate surface area is 127 Å². The lowest BCUT2D eigenvalue weighted by Gasteiger charge is -2.36. The molecule has 1 aliphatic carbocycles. The second kappa shape index (κ2) is 8.37. The summed E-state index contributed by atoms with van der Waals surface area (Å²) in [6.45, 7) is 3.89. The topological polar surface area (TPSA) is 77.8 Å². The van der Waals surface area contributed by atoms with Crippen LogP contribution in [0.25, 0.3) is 0 Å². The number of nitrogens with zero attached hydrogens (tertiary/aromatic N) is 1. The van der Waals surface area contributed by atoms with Gasteiger partial charge in [-0.3, -0.25) is 9.59 Å². The molecule has 0 unspecified atom stereocenters. The number of carbonyl (C=O) groups excluding carboxylic acids is 1. The minimum atomic E-state index is -0.973. The van der Waals surface area contributed by atoms with Crippen LogP contribution in [0.1, 0.15) is 65.2 Å². The monoisotopic (exact) mass is 299 g/mol. The van der Waals surface area contributed by atoms with Crippen LogP contribution in [0.4, 0.5) is 0 Å². The van der Waals surface area contributed by atoms with E-state index in [1.165, 1.54) is 6.42 Å². The van der Waals surface area contributed by atoms with Gasteiger partial charge in [-0.25, -0.2) is 0 Å². The normalized spacial score (nSPS) is 16.7. The number of rotatable bonds is 8. The average Bonchev–Trinajstić information content (AvgIpc) is 2.50. The van der Waals surface area contributed by atoms with Crippen molar-refractivity contribution in [1.29, 1.82) is 0 Å². The Morgan fingerprint density at radius 1 is 1.14 bits per heavy atom. The Balaban J connectivity index is 2.82. The van der Waals surface area contributed by atoms with E-state index in [4.69, 9.17) is 0 Å². The van der Waals surface area contributed by atoms with Crippen molar-refractivity contribution in [3.8, 4) is 0 Å². The predicted molar refractivity (Wildman–Crippen MR) is 80.9 cm³/mol. The molecule has 0 atom stereocenters. The first-order chi connectivity index (χ1) is 10.0. The van der Waals surface area contributed by atoms with Gasteiger partial charge < -0.3 is 15.1 Å². The van der Waals surface area contributed by atoms with Crippen LogP contribution in [-0.4, -0.2) is 46.2 Å². The molecule has 1 rings (SSSR count). The molecule has 0 radical (unpaired) electrons. The summed E-state index contributed by atoms with van der Waals surface area (Å²) >= 11 is 0. The van der Waals surface area contributed by atoms with Crippen molar-refractivity contribution >= 4 is 11.9 Å². The number of aliphatic hydroxyl groups excluding tert-OH is 1. The van der Waals surface area contributed by atoms with E-state index in [0.717, 1.165) is 25.7 Å². The standard InChI is InChI=1S/C16H29NO4/c1-3-16(4-2,15(20)21)12-14(19)17(10-11-18)13-8-6-5-7-9-13/h13,18H,3-12H2,1-2H3,(H,20,21). The molecule has 0 bridgehead atoms. The van der Waals surface area contributed by atoms with Crippen LogP contribution in [0.3, 0.4) is 0 Å². The summed E-state index contributed by atoms with van der Waals surface area (Å²) in [6, 6.07) is 0.165. The molecule has 2 N–H and O–H groups in total. The van der Waals surface area contributed by atoms with Gasteiger partial charge in [0.1, 0.15) is 0 Å². The molecule has 0 aliphatic heterocycles. The van der Waals surface area contributed by atoms with Crippen molar-refractivity contribution < 1.29 is 19.8 Å². The van der Waals surface area contributed by atoms with E-state index in [1.807, 2.05) is 13.8 Å². The van der Waals surface area contributed by atoms with Gasteiger partial charge >= 0.3 is 5.97 Å². The molecule has 0 aromatic carbocycles. The maximum atomic E-state index is 12.6. The zero-order chi connectivity index (χ0) is 15.9. The lowest BCUT2D eigenvalue weighted by Crippen LogP contribution is -2.46.